The van der Waals surface area contributed by atoms with Crippen molar-refractivity contribution in [2.24, 2.45) is 0 Å². The van der Waals surface area contributed by atoms with E-state index in [-0.39, 0.29) is 0 Å². The standard InChI is InChI=1S/C6H6ClF5O2/c7-4(13)14-3-1-2-5(8,9)6(10,11)12/h1-3H2. The van der Waals surface area contributed by atoms with Crippen molar-refractivity contribution in [3.8, 4) is 0 Å². The lowest BCUT2D eigenvalue weighted by molar-refractivity contribution is -0.284. The molecule has 0 spiro atoms. The van der Waals surface area contributed by atoms with Gasteiger partial charge in [-0.25, -0.2) is 4.79 Å². The van der Waals surface area contributed by atoms with Crippen molar-refractivity contribution in [2.45, 2.75) is 24.9 Å². The maximum absolute atomic E-state index is 12.2. The third-order valence-corrected chi connectivity index (χ3v) is 1.37. The Labute approximate surface area is 81.0 Å². The van der Waals surface area contributed by atoms with Crippen LogP contribution in [-0.4, -0.2) is 24.1 Å². The summed E-state index contributed by atoms with van der Waals surface area (Å²) >= 11 is 4.65. The zero-order valence-electron chi connectivity index (χ0n) is 6.71. The summed E-state index contributed by atoms with van der Waals surface area (Å²) in [7, 11) is 0. The molecule has 0 N–H and O–H groups in total. The molecule has 14 heavy (non-hydrogen) atoms. The molecule has 0 bridgehead atoms. The van der Waals surface area contributed by atoms with Crippen LogP contribution in [0.2, 0.25) is 0 Å². The number of carbonyl (C=O) groups is 1. The van der Waals surface area contributed by atoms with Crippen molar-refractivity contribution < 1.29 is 31.5 Å². The van der Waals surface area contributed by atoms with Gasteiger partial charge in [0.2, 0.25) is 0 Å². The molecule has 8 heteroatoms. The predicted molar refractivity (Wildman–Crippen MR) is 37.4 cm³/mol. The fraction of sp³-hybridized carbons (Fsp3) is 0.833. The van der Waals surface area contributed by atoms with Gasteiger partial charge in [-0.1, -0.05) is 0 Å². The number of hydrogen-bond donors (Lipinski definition) is 0. The summed E-state index contributed by atoms with van der Waals surface area (Å²) in [5.41, 5.74) is -1.24. The van der Waals surface area contributed by atoms with Crippen molar-refractivity contribution in [3.05, 3.63) is 0 Å². The highest BCUT2D eigenvalue weighted by Gasteiger charge is 2.56. The van der Waals surface area contributed by atoms with Gasteiger partial charge in [0.05, 0.1) is 6.61 Å². The van der Waals surface area contributed by atoms with Gasteiger partial charge < -0.3 is 4.74 Å². The summed E-state index contributed by atoms with van der Waals surface area (Å²) in [6.45, 7) is -0.562. The zero-order chi connectivity index (χ0) is 11.4. The van der Waals surface area contributed by atoms with Crippen LogP contribution >= 0.6 is 11.6 Å². The first-order valence-corrected chi connectivity index (χ1v) is 3.81. The second-order valence-electron chi connectivity index (χ2n) is 2.39. The second kappa shape index (κ2) is 4.77. The van der Waals surface area contributed by atoms with E-state index in [0.29, 0.717) is 0 Å². The molecule has 0 heterocycles. The van der Waals surface area contributed by atoms with Gasteiger partial charge in [0, 0.05) is 18.0 Å². The van der Waals surface area contributed by atoms with Gasteiger partial charge in [0.25, 0.3) is 0 Å². The molecule has 0 fully saturated rings. The lowest BCUT2D eigenvalue weighted by atomic mass is 10.2. The van der Waals surface area contributed by atoms with Crippen molar-refractivity contribution >= 4 is 17.0 Å². The van der Waals surface area contributed by atoms with Crippen LogP contribution in [0.1, 0.15) is 12.8 Å². The molecule has 0 rings (SSSR count). The molecule has 0 amide bonds. The monoisotopic (exact) mass is 240 g/mol. The Hall–Kier alpha value is -0.590. The van der Waals surface area contributed by atoms with E-state index >= 15 is 0 Å². The third kappa shape index (κ3) is 4.59. The highest BCUT2D eigenvalue weighted by Crippen LogP contribution is 2.38. The molecule has 0 radical (unpaired) electrons. The number of hydrogen-bond acceptors (Lipinski definition) is 2. The smallest absolute Gasteiger partial charge is 0.453 e. The molecule has 0 aliphatic rings. The Morgan fingerprint density at radius 3 is 2.07 bits per heavy atom. The second-order valence-corrected chi connectivity index (χ2v) is 2.70. The Morgan fingerprint density at radius 1 is 1.21 bits per heavy atom. The fourth-order valence-electron chi connectivity index (χ4n) is 0.588. The van der Waals surface area contributed by atoms with Crippen molar-refractivity contribution in [2.75, 3.05) is 6.61 Å². The predicted octanol–water partition coefficient (Wildman–Crippen LogP) is 3.34. The van der Waals surface area contributed by atoms with E-state index in [2.05, 4.69) is 16.3 Å². The van der Waals surface area contributed by atoms with Gasteiger partial charge in [-0.2, -0.15) is 22.0 Å². The van der Waals surface area contributed by atoms with E-state index < -0.39 is 37.0 Å². The molecule has 0 saturated carbocycles. The van der Waals surface area contributed by atoms with E-state index in [9.17, 15) is 26.7 Å². The van der Waals surface area contributed by atoms with Gasteiger partial charge in [-0.15, -0.1) is 0 Å². The number of halogens is 6. The first kappa shape index (κ1) is 13.4. The van der Waals surface area contributed by atoms with E-state index in [0.717, 1.165) is 0 Å². The third-order valence-electron chi connectivity index (χ3n) is 1.27. The molecule has 0 saturated heterocycles. The lowest BCUT2D eigenvalue weighted by Crippen LogP contribution is -2.36. The topological polar surface area (TPSA) is 26.3 Å². The summed E-state index contributed by atoms with van der Waals surface area (Å²) in [6, 6.07) is 0. The summed E-state index contributed by atoms with van der Waals surface area (Å²) < 4.78 is 62.9. The molecule has 0 atom stereocenters. The van der Waals surface area contributed by atoms with Crippen LogP contribution in [0.25, 0.3) is 0 Å². The summed E-state index contributed by atoms with van der Waals surface area (Å²) in [4.78, 5) is 9.90. The summed E-state index contributed by atoms with van der Waals surface area (Å²) in [5.74, 6) is -4.76. The molecule has 84 valence electrons. The van der Waals surface area contributed by atoms with E-state index in [1.165, 1.54) is 0 Å². The van der Waals surface area contributed by atoms with Crippen LogP contribution in [-0.2, 0) is 4.74 Å². The van der Waals surface area contributed by atoms with E-state index in [4.69, 9.17) is 0 Å². The molecule has 0 aliphatic carbocycles. The first-order valence-electron chi connectivity index (χ1n) is 3.43. The Kier molecular flexibility index (Phi) is 4.57. The van der Waals surface area contributed by atoms with Gasteiger partial charge in [0.15, 0.2) is 0 Å². The van der Waals surface area contributed by atoms with Crippen LogP contribution in [0.4, 0.5) is 26.7 Å². The quantitative estimate of drug-likeness (QED) is 0.428. The van der Waals surface area contributed by atoms with Crippen LogP contribution in [0, 0.1) is 0 Å². The number of alkyl halides is 5. The highest BCUT2D eigenvalue weighted by molar-refractivity contribution is 6.61. The average Bonchev–Trinajstić information content (AvgIpc) is 1.95. The molecule has 0 aromatic rings. The Bertz CT molecular complexity index is 203. The van der Waals surface area contributed by atoms with Crippen LogP contribution in [0.15, 0.2) is 0 Å². The van der Waals surface area contributed by atoms with Crippen molar-refractivity contribution in [1.82, 2.24) is 0 Å². The molecule has 0 unspecified atom stereocenters. The minimum absolute atomic E-state index is 0.562. The highest BCUT2D eigenvalue weighted by atomic mass is 35.5. The first-order chi connectivity index (χ1) is 6.17. The van der Waals surface area contributed by atoms with Gasteiger partial charge >= 0.3 is 17.5 Å². The minimum atomic E-state index is -5.57. The largest absolute Gasteiger partial charge is 0.454 e. The van der Waals surface area contributed by atoms with Gasteiger partial charge in [0.1, 0.15) is 0 Å². The Morgan fingerprint density at radius 2 is 1.71 bits per heavy atom. The molecule has 0 aromatic heterocycles. The SMILES string of the molecule is O=C(Cl)OCCCC(F)(F)C(F)(F)F. The summed E-state index contributed by atoms with van der Waals surface area (Å²) in [5, 5.41) is 0. The summed E-state index contributed by atoms with van der Waals surface area (Å²) in [6.07, 6.45) is -7.61. The maximum Gasteiger partial charge on any atom is 0.453 e. The Balaban J connectivity index is 3.83. The van der Waals surface area contributed by atoms with Crippen LogP contribution in [0.5, 0.6) is 0 Å². The zero-order valence-corrected chi connectivity index (χ0v) is 7.46. The van der Waals surface area contributed by atoms with Gasteiger partial charge in [-0.3, -0.25) is 0 Å². The molecular formula is C6H6ClF5O2. The molecule has 0 aromatic carbocycles. The van der Waals surface area contributed by atoms with Crippen molar-refractivity contribution in [1.29, 1.82) is 0 Å². The average molecular weight is 241 g/mol. The molecule has 2 nitrogen and oxygen atoms in total. The maximum atomic E-state index is 12.2. The lowest BCUT2D eigenvalue weighted by Gasteiger charge is -2.18. The molecular weight excluding hydrogens is 235 g/mol. The molecule has 0 aliphatic heterocycles. The number of rotatable bonds is 4. The van der Waals surface area contributed by atoms with Gasteiger partial charge in [-0.05, 0) is 6.42 Å². The normalized spacial score (nSPS) is 12.7. The van der Waals surface area contributed by atoms with E-state index in [1.54, 1.807) is 0 Å². The van der Waals surface area contributed by atoms with E-state index in [1.807, 2.05) is 0 Å². The number of carbonyl (C=O) groups excluding carboxylic acids is 1. The minimum Gasteiger partial charge on any atom is -0.454 e. The fourth-order valence-corrected chi connectivity index (χ4v) is 0.665. The number of ether oxygens (including phenoxy) is 1. The van der Waals surface area contributed by atoms with Crippen LogP contribution in [0.3, 0.4) is 0 Å². The van der Waals surface area contributed by atoms with Crippen LogP contribution < -0.4 is 0 Å². The van der Waals surface area contributed by atoms with Crippen molar-refractivity contribution in [3.63, 3.8) is 0 Å².